The minimum absolute atomic E-state index is 0.616. The number of rotatable bonds is 6. The summed E-state index contributed by atoms with van der Waals surface area (Å²) in [7, 11) is 4.69. The zero-order valence-corrected chi connectivity index (χ0v) is 12.9. The molecule has 0 bridgehead atoms. The van der Waals surface area contributed by atoms with Gasteiger partial charge in [0.15, 0.2) is 0 Å². The SMILES string of the molecule is CC[N+](C)(C)C(Cc1ccccc1)Cc1ccccc1. The Morgan fingerprint density at radius 2 is 1.15 bits per heavy atom. The number of hydrogen-bond acceptors (Lipinski definition) is 0. The van der Waals surface area contributed by atoms with Crippen LogP contribution in [0.1, 0.15) is 18.1 Å². The number of likely N-dealkylation sites (N-methyl/N-ethyl adjacent to an activating group) is 1. The van der Waals surface area contributed by atoms with E-state index in [0.717, 1.165) is 23.9 Å². The Kier molecular flexibility index (Phi) is 4.97. The molecule has 0 spiro atoms. The second kappa shape index (κ2) is 6.71. The first-order chi connectivity index (χ1) is 9.62. The number of hydrogen-bond donors (Lipinski definition) is 0. The van der Waals surface area contributed by atoms with Crippen LogP contribution in [0.2, 0.25) is 0 Å². The second-order valence-electron chi connectivity index (χ2n) is 6.13. The van der Waals surface area contributed by atoms with Crippen molar-refractivity contribution in [2.45, 2.75) is 25.8 Å². The quantitative estimate of drug-likeness (QED) is 0.696. The second-order valence-corrected chi connectivity index (χ2v) is 6.13. The summed E-state index contributed by atoms with van der Waals surface area (Å²) in [4.78, 5) is 0. The lowest BCUT2D eigenvalue weighted by molar-refractivity contribution is -0.913. The normalized spacial score (nSPS) is 11.8. The average molecular weight is 268 g/mol. The maximum atomic E-state index is 2.34. The average Bonchev–Trinajstić information content (AvgIpc) is 2.49. The fourth-order valence-corrected chi connectivity index (χ4v) is 2.60. The van der Waals surface area contributed by atoms with Crippen LogP contribution in [0.3, 0.4) is 0 Å². The molecule has 2 aromatic carbocycles. The molecule has 20 heavy (non-hydrogen) atoms. The summed E-state index contributed by atoms with van der Waals surface area (Å²) < 4.78 is 1.06. The third-order valence-corrected chi connectivity index (χ3v) is 4.43. The van der Waals surface area contributed by atoms with Crippen molar-refractivity contribution in [1.29, 1.82) is 0 Å². The third kappa shape index (κ3) is 3.94. The fraction of sp³-hybridized carbons (Fsp3) is 0.368. The molecule has 0 radical (unpaired) electrons. The Balaban J connectivity index is 2.17. The highest BCUT2D eigenvalue weighted by Gasteiger charge is 2.26. The number of benzene rings is 2. The zero-order valence-electron chi connectivity index (χ0n) is 12.9. The Labute approximate surface area is 123 Å². The maximum Gasteiger partial charge on any atom is 0.0967 e. The standard InChI is InChI=1S/C19H26N/c1-4-20(2,3)19(15-17-11-7-5-8-12-17)16-18-13-9-6-10-14-18/h5-14,19H,4,15-16H2,1-3H3/q+1. The summed E-state index contributed by atoms with van der Waals surface area (Å²) in [5, 5.41) is 0. The topological polar surface area (TPSA) is 0 Å². The molecule has 0 N–H and O–H groups in total. The molecule has 1 nitrogen and oxygen atoms in total. The summed E-state index contributed by atoms with van der Waals surface area (Å²) in [6.07, 6.45) is 2.27. The lowest BCUT2D eigenvalue weighted by Gasteiger charge is -2.37. The highest BCUT2D eigenvalue weighted by atomic mass is 15.3. The fourth-order valence-electron chi connectivity index (χ4n) is 2.60. The van der Waals surface area contributed by atoms with E-state index in [4.69, 9.17) is 0 Å². The first-order valence-corrected chi connectivity index (χ1v) is 7.52. The lowest BCUT2D eigenvalue weighted by Crippen LogP contribution is -2.50. The van der Waals surface area contributed by atoms with Crippen LogP contribution in [-0.2, 0) is 12.8 Å². The maximum absolute atomic E-state index is 2.34. The van der Waals surface area contributed by atoms with Gasteiger partial charge in [0.1, 0.15) is 0 Å². The number of quaternary nitrogens is 1. The van der Waals surface area contributed by atoms with Gasteiger partial charge in [-0.25, -0.2) is 0 Å². The zero-order chi connectivity index (χ0) is 14.4. The van der Waals surface area contributed by atoms with Gasteiger partial charge in [0.2, 0.25) is 0 Å². The van der Waals surface area contributed by atoms with Crippen molar-refractivity contribution in [2.24, 2.45) is 0 Å². The van der Waals surface area contributed by atoms with Gasteiger partial charge in [-0.2, -0.15) is 0 Å². The van der Waals surface area contributed by atoms with E-state index < -0.39 is 0 Å². The van der Waals surface area contributed by atoms with Gasteiger partial charge in [-0.1, -0.05) is 60.7 Å². The minimum Gasteiger partial charge on any atom is -0.326 e. The molecule has 0 aliphatic carbocycles. The number of nitrogens with zero attached hydrogens (tertiary/aromatic N) is 1. The highest BCUT2D eigenvalue weighted by Crippen LogP contribution is 2.18. The molecule has 106 valence electrons. The van der Waals surface area contributed by atoms with Gasteiger partial charge in [-0.05, 0) is 18.1 Å². The van der Waals surface area contributed by atoms with Crippen LogP contribution in [-0.4, -0.2) is 31.2 Å². The molecule has 0 aliphatic rings. The predicted octanol–water partition coefficient (Wildman–Crippen LogP) is 3.94. The Bertz CT molecular complexity index is 460. The van der Waals surface area contributed by atoms with E-state index in [1.165, 1.54) is 11.1 Å². The van der Waals surface area contributed by atoms with E-state index in [2.05, 4.69) is 81.7 Å². The summed E-state index contributed by atoms with van der Waals surface area (Å²) in [5.41, 5.74) is 2.88. The van der Waals surface area contributed by atoms with E-state index in [9.17, 15) is 0 Å². The van der Waals surface area contributed by atoms with E-state index in [0.29, 0.717) is 6.04 Å². The lowest BCUT2D eigenvalue weighted by atomic mass is 9.96. The molecule has 2 rings (SSSR count). The third-order valence-electron chi connectivity index (χ3n) is 4.43. The van der Waals surface area contributed by atoms with E-state index in [1.807, 2.05) is 0 Å². The van der Waals surface area contributed by atoms with Gasteiger partial charge in [0, 0.05) is 12.8 Å². The van der Waals surface area contributed by atoms with Crippen molar-refractivity contribution in [1.82, 2.24) is 0 Å². The molecule has 0 amide bonds. The monoisotopic (exact) mass is 268 g/mol. The van der Waals surface area contributed by atoms with Crippen LogP contribution in [0.25, 0.3) is 0 Å². The minimum atomic E-state index is 0.616. The first kappa shape index (κ1) is 14.8. The molecule has 0 fully saturated rings. The van der Waals surface area contributed by atoms with Crippen LogP contribution in [0, 0.1) is 0 Å². The van der Waals surface area contributed by atoms with Crippen LogP contribution >= 0.6 is 0 Å². The van der Waals surface area contributed by atoms with Gasteiger partial charge in [0.05, 0.1) is 26.7 Å². The van der Waals surface area contributed by atoms with Crippen LogP contribution in [0.4, 0.5) is 0 Å². The van der Waals surface area contributed by atoms with Crippen molar-refractivity contribution in [2.75, 3.05) is 20.6 Å². The Morgan fingerprint density at radius 1 is 0.750 bits per heavy atom. The van der Waals surface area contributed by atoms with Crippen LogP contribution in [0.15, 0.2) is 60.7 Å². The first-order valence-electron chi connectivity index (χ1n) is 7.52. The summed E-state index contributed by atoms with van der Waals surface area (Å²) in [6, 6.07) is 22.3. The smallest absolute Gasteiger partial charge is 0.0967 e. The molecule has 2 aromatic rings. The molecule has 0 unspecified atom stereocenters. The van der Waals surface area contributed by atoms with Gasteiger partial charge < -0.3 is 4.48 Å². The Morgan fingerprint density at radius 3 is 1.50 bits per heavy atom. The molecular formula is C19H26N+. The van der Waals surface area contributed by atoms with Crippen LogP contribution < -0.4 is 0 Å². The van der Waals surface area contributed by atoms with Gasteiger partial charge in [0.25, 0.3) is 0 Å². The molecule has 0 aliphatic heterocycles. The van der Waals surface area contributed by atoms with E-state index in [1.54, 1.807) is 0 Å². The van der Waals surface area contributed by atoms with E-state index >= 15 is 0 Å². The van der Waals surface area contributed by atoms with Gasteiger partial charge >= 0.3 is 0 Å². The predicted molar refractivity (Wildman–Crippen MR) is 86.7 cm³/mol. The molecule has 1 heteroatoms. The highest BCUT2D eigenvalue weighted by molar-refractivity contribution is 5.19. The molecule has 0 atom stereocenters. The van der Waals surface area contributed by atoms with Gasteiger partial charge in [-0.3, -0.25) is 0 Å². The van der Waals surface area contributed by atoms with Crippen molar-refractivity contribution >= 4 is 0 Å². The summed E-state index contributed by atoms with van der Waals surface area (Å²) in [6.45, 7) is 3.44. The molecule has 0 saturated heterocycles. The van der Waals surface area contributed by atoms with Crippen molar-refractivity contribution in [3.05, 3.63) is 71.8 Å². The molecule has 0 saturated carbocycles. The summed E-state index contributed by atoms with van der Waals surface area (Å²) in [5.74, 6) is 0. The van der Waals surface area contributed by atoms with Crippen LogP contribution in [0.5, 0.6) is 0 Å². The van der Waals surface area contributed by atoms with Crippen molar-refractivity contribution < 1.29 is 4.48 Å². The van der Waals surface area contributed by atoms with Crippen molar-refractivity contribution in [3.63, 3.8) is 0 Å². The largest absolute Gasteiger partial charge is 0.326 e. The van der Waals surface area contributed by atoms with Gasteiger partial charge in [-0.15, -0.1) is 0 Å². The summed E-state index contributed by atoms with van der Waals surface area (Å²) >= 11 is 0. The Hall–Kier alpha value is -1.60. The molecular weight excluding hydrogens is 242 g/mol. The molecule has 0 heterocycles. The molecule has 0 aromatic heterocycles. The van der Waals surface area contributed by atoms with Crippen molar-refractivity contribution in [3.8, 4) is 0 Å². The van der Waals surface area contributed by atoms with E-state index in [-0.39, 0.29) is 0 Å².